The lowest BCUT2D eigenvalue weighted by molar-refractivity contribution is -0.121. The van der Waals surface area contributed by atoms with Gasteiger partial charge in [-0.15, -0.1) is 0 Å². The fraction of sp³-hybridized carbons (Fsp3) is 0.143. The molecule has 0 radical (unpaired) electrons. The van der Waals surface area contributed by atoms with Gasteiger partial charge in [-0.05, 0) is 42.3 Å². The molecular weight excluding hydrogens is 458 g/mol. The first-order valence-corrected chi connectivity index (χ1v) is 12.7. The van der Waals surface area contributed by atoms with Crippen LogP contribution in [0.3, 0.4) is 0 Å². The Morgan fingerprint density at radius 1 is 0.857 bits per heavy atom. The predicted octanol–water partition coefficient (Wildman–Crippen LogP) is 4.80. The molecule has 0 spiro atoms. The third-order valence-electron chi connectivity index (χ3n) is 5.67. The van der Waals surface area contributed by atoms with Crippen LogP contribution in [0.5, 0.6) is 0 Å². The van der Waals surface area contributed by atoms with Gasteiger partial charge in [-0.1, -0.05) is 90.0 Å². The van der Waals surface area contributed by atoms with Gasteiger partial charge in [0.15, 0.2) is 0 Å². The smallest absolute Gasteiger partial charge is 0.255 e. The zero-order valence-electron chi connectivity index (χ0n) is 19.7. The Bertz CT molecular complexity index is 1460. The molecule has 0 fully saturated rings. The number of nitrogens with one attached hydrogen (secondary N) is 1. The van der Waals surface area contributed by atoms with Crippen LogP contribution >= 0.6 is 0 Å². The molecule has 1 amide bonds. The Morgan fingerprint density at radius 3 is 2.20 bits per heavy atom. The summed E-state index contributed by atoms with van der Waals surface area (Å²) in [4.78, 5) is 12.9. The van der Waals surface area contributed by atoms with Crippen LogP contribution in [-0.4, -0.2) is 31.4 Å². The fourth-order valence-electron chi connectivity index (χ4n) is 3.71. The van der Waals surface area contributed by atoms with Crippen molar-refractivity contribution in [2.45, 2.75) is 25.3 Å². The number of hydrogen-bond acceptors (Lipinski definition) is 4. The second-order valence-electron chi connectivity index (χ2n) is 8.43. The molecule has 35 heavy (non-hydrogen) atoms. The zero-order valence-corrected chi connectivity index (χ0v) is 20.5. The number of nitrogens with zero attached hydrogens (tertiary/aromatic N) is 2. The Morgan fingerprint density at radius 2 is 1.49 bits per heavy atom. The first-order chi connectivity index (χ1) is 16.8. The quantitative estimate of drug-likeness (QED) is 0.288. The van der Waals surface area contributed by atoms with Gasteiger partial charge in [0.25, 0.3) is 5.91 Å². The van der Waals surface area contributed by atoms with E-state index >= 15 is 0 Å². The van der Waals surface area contributed by atoms with E-state index in [1.807, 2.05) is 80.6 Å². The number of benzene rings is 4. The number of carbonyl (C=O) groups excluding carboxylic acids is 1. The summed E-state index contributed by atoms with van der Waals surface area (Å²) in [6.45, 7) is 3.56. The van der Waals surface area contributed by atoms with Gasteiger partial charge in [0, 0.05) is 12.1 Å². The van der Waals surface area contributed by atoms with E-state index in [0.717, 1.165) is 33.0 Å². The van der Waals surface area contributed by atoms with Crippen molar-refractivity contribution in [2.75, 3.05) is 6.54 Å². The lowest BCUT2D eigenvalue weighted by atomic mass is 10.1. The molecule has 6 nitrogen and oxygen atoms in total. The minimum absolute atomic E-state index is 0.0664. The van der Waals surface area contributed by atoms with Crippen molar-refractivity contribution < 1.29 is 13.2 Å². The van der Waals surface area contributed by atoms with E-state index in [2.05, 4.69) is 10.5 Å². The minimum atomic E-state index is -3.91. The van der Waals surface area contributed by atoms with Crippen molar-refractivity contribution in [2.24, 2.45) is 5.10 Å². The second-order valence-corrected chi connectivity index (χ2v) is 10.4. The zero-order chi connectivity index (χ0) is 24.8. The van der Waals surface area contributed by atoms with Crippen LogP contribution in [0.2, 0.25) is 0 Å². The van der Waals surface area contributed by atoms with E-state index in [4.69, 9.17) is 0 Å². The Labute approximate surface area is 206 Å². The summed E-state index contributed by atoms with van der Waals surface area (Å²) in [5, 5.41) is 6.16. The van der Waals surface area contributed by atoms with Crippen molar-refractivity contribution in [1.29, 1.82) is 0 Å². The average molecular weight is 486 g/mol. The van der Waals surface area contributed by atoms with E-state index in [9.17, 15) is 13.2 Å². The highest BCUT2D eigenvalue weighted by Gasteiger charge is 2.27. The molecule has 4 aromatic rings. The largest absolute Gasteiger partial charge is 0.272 e. The molecule has 0 aliphatic carbocycles. The summed E-state index contributed by atoms with van der Waals surface area (Å²) in [6, 6.07) is 27.9. The van der Waals surface area contributed by atoms with Crippen LogP contribution in [0.1, 0.15) is 22.3 Å². The molecule has 0 heterocycles. The standard InChI is InChI=1S/C28H27N3O3S/c1-21-10-14-23(15-11-21)19-31(35(33,34)26-16-12-22(2)13-17-26)20-28(32)30-29-18-25-8-5-7-24-6-3-4-9-27(24)25/h3-18H,19-20H2,1-2H3,(H,30,32)/b29-18+. The van der Waals surface area contributed by atoms with Crippen molar-refractivity contribution in [1.82, 2.24) is 9.73 Å². The van der Waals surface area contributed by atoms with Crippen molar-refractivity contribution in [3.63, 3.8) is 0 Å². The summed E-state index contributed by atoms with van der Waals surface area (Å²) in [7, 11) is -3.91. The molecular formula is C28H27N3O3S. The lowest BCUT2D eigenvalue weighted by Crippen LogP contribution is -2.39. The normalized spacial score (nSPS) is 11.9. The SMILES string of the molecule is Cc1ccc(CN(CC(=O)N/N=C/c2cccc3ccccc23)S(=O)(=O)c2ccc(C)cc2)cc1. The lowest BCUT2D eigenvalue weighted by Gasteiger charge is -2.21. The summed E-state index contributed by atoms with van der Waals surface area (Å²) in [5.74, 6) is -0.524. The van der Waals surface area contributed by atoms with Crippen molar-refractivity contribution in [3.05, 3.63) is 113 Å². The van der Waals surface area contributed by atoms with E-state index < -0.39 is 15.9 Å². The third kappa shape index (κ3) is 6.01. The van der Waals surface area contributed by atoms with Gasteiger partial charge in [-0.3, -0.25) is 4.79 Å². The highest BCUT2D eigenvalue weighted by molar-refractivity contribution is 7.89. The summed E-state index contributed by atoms with van der Waals surface area (Å²) in [5.41, 5.74) is 6.15. The maximum atomic E-state index is 13.4. The molecule has 178 valence electrons. The monoisotopic (exact) mass is 485 g/mol. The first-order valence-electron chi connectivity index (χ1n) is 11.2. The number of rotatable bonds is 8. The second kappa shape index (κ2) is 10.6. The Hall–Kier alpha value is -3.81. The Balaban J connectivity index is 1.53. The van der Waals surface area contributed by atoms with Gasteiger partial charge < -0.3 is 0 Å². The number of amides is 1. The predicted molar refractivity (Wildman–Crippen MR) is 140 cm³/mol. The van der Waals surface area contributed by atoms with Crippen LogP contribution in [-0.2, 0) is 21.4 Å². The van der Waals surface area contributed by atoms with Gasteiger partial charge in [0.2, 0.25) is 10.0 Å². The average Bonchev–Trinajstić information content (AvgIpc) is 2.85. The minimum Gasteiger partial charge on any atom is -0.272 e. The Kier molecular flexibility index (Phi) is 7.39. The van der Waals surface area contributed by atoms with Gasteiger partial charge in [0.1, 0.15) is 0 Å². The fourth-order valence-corrected chi connectivity index (χ4v) is 5.10. The number of sulfonamides is 1. The molecule has 1 N–H and O–H groups in total. The summed E-state index contributed by atoms with van der Waals surface area (Å²) in [6.07, 6.45) is 1.57. The first kappa shape index (κ1) is 24.3. The molecule has 0 saturated heterocycles. The summed E-state index contributed by atoms with van der Waals surface area (Å²) >= 11 is 0. The van der Waals surface area contributed by atoms with Gasteiger partial charge in [-0.2, -0.15) is 9.41 Å². The van der Waals surface area contributed by atoms with Crippen LogP contribution in [0.25, 0.3) is 10.8 Å². The molecule has 4 rings (SSSR count). The molecule has 0 bridgehead atoms. The molecule has 0 aliphatic rings. The van der Waals surface area contributed by atoms with Crippen LogP contribution in [0.15, 0.2) is 101 Å². The van der Waals surface area contributed by atoms with E-state index in [0.29, 0.717) is 0 Å². The molecule has 0 aliphatic heterocycles. The number of hydrazone groups is 1. The maximum Gasteiger partial charge on any atom is 0.255 e. The van der Waals surface area contributed by atoms with Crippen molar-refractivity contribution in [3.8, 4) is 0 Å². The summed E-state index contributed by atoms with van der Waals surface area (Å²) < 4.78 is 28.0. The van der Waals surface area contributed by atoms with Crippen LogP contribution < -0.4 is 5.43 Å². The molecule has 4 aromatic carbocycles. The highest BCUT2D eigenvalue weighted by atomic mass is 32.2. The number of fused-ring (bicyclic) bond motifs is 1. The number of aryl methyl sites for hydroxylation is 2. The molecule has 0 unspecified atom stereocenters. The van der Waals surface area contributed by atoms with E-state index in [-0.39, 0.29) is 18.0 Å². The van der Waals surface area contributed by atoms with E-state index in [1.54, 1.807) is 30.5 Å². The molecule has 0 saturated carbocycles. The van der Waals surface area contributed by atoms with Crippen molar-refractivity contribution >= 4 is 32.9 Å². The molecule has 0 aromatic heterocycles. The third-order valence-corrected chi connectivity index (χ3v) is 7.48. The molecule has 0 atom stereocenters. The number of hydrogen-bond donors (Lipinski definition) is 1. The van der Waals surface area contributed by atoms with Crippen LogP contribution in [0.4, 0.5) is 0 Å². The number of carbonyl (C=O) groups is 1. The molecule has 7 heteroatoms. The maximum absolute atomic E-state index is 13.4. The van der Waals surface area contributed by atoms with Gasteiger partial charge in [0.05, 0.1) is 17.7 Å². The van der Waals surface area contributed by atoms with Gasteiger partial charge >= 0.3 is 0 Å². The topological polar surface area (TPSA) is 78.8 Å². The van der Waals surface area contributed by atoms with Crippen LogP contribution in [0, 0.1) is 13.8 Å². The highest BCUT2D eigenvalue weighted by Crippen LogP contribution is 2.20. The van der Waals surface area contributed by atoms with E-state index in [1.165, 1.54) is 4.31 Å². The van der Waals surface area contributed by atoms with Gasteiger partial charge in [-0.25, -0.2) is 13.8 Å².